The summed E-state index contributed by atoms with van der Waals surface area (Å²) in [7, 11) is 0. The van der Waals surface area contributed by atoms with Crippen LogP contribution in [0.15, 0.2) is 0 Å². The van der Waals surface area contributed by atoms with Crippen molar-refractivity contribution in [1.29, 1.82) is 0 Å². The van der Waals surface area contributed by atoms with E-state index in [0.717, 1.165) is 46.9 Å². The Morgan fingerprint density at radius 1 is 0.677 bits per heavy atom. The number of benzene rings is 1. The highest BCUT2D eigenvalue weighted by Crippen LogP contribution is 2.38. The lowest BCUT2D eigenvalue weighted by Gasteiger charge is -2.26. The standard InChI is InChI=1S/C28H50O3/c1-19(2)11-9-12-20(3)13-10-14-21(4)15-17-28(8,31)18-16-25-24(7)26(29)22(5)23(6)27(25)30/h19-21,29-31H,9-18H2,1-8H3/t20-,21-,28?/m1/s1. The molecule has 0 aliphatic rings. The van der Waals surface area contributed by atoms with E-state index in [1.54, 1.807) is 0 Å². The number of aromatic hydroxyl groups is 2. The summed E-state index contributed by atoms with van der Waals surface area (Å²) in [5.41, 5.74) is 2.19. The molecule has 31 heavy (non-hydrogen) atoms. The largest absolute Gasteiger partial charge is 0.507 e. The van der Waals surface area contributed by atoms with Crippen LogP contribution in [0.5, 0.6) is 11.5 Å². The van der Waals surface area contributed by atoms with Gasteiger partial charge in [0.2, 0.25) is 0 Å². The molecule has 1 rings (SSSR count). The third-order valence-electron chi connectivity index (χ3n) is 7.33. The molecule has 180 valence electrons. The molecular weight excluding hydrogens is 384 g/mol. The molecule has 3 N–H and O–H groups in total. The SMILES string of the molecule is Cc1c(C)c(O)c(CCC(C)(O)CC[C@H](C)CCC[C@H](C)CCCC(C)C)c(C)c1O. The summed E-state index contributed by atoms with van der Waals surface area (Å²) in [6, 6.07) is 0. The second-order valence-electron chi connectivity index (χ2n) is 11.1. The molecule has 0 aliphatic carbocycles. The Morgan fingerprint density at radius 3 is 1.71 bits per heavy atom. The topological polar surface area (TPSA) is 60.7 Å². The predicted molar refractivity (Wildman–Crippen MR) is 133 cm³/mol. The Labute approximate surface area is 192 Å². The Balaban J connectivity index is 2.42. The maximum atomic E-state index is 10.9. The van der Waals surface area contributed by atoms with E-state index in [1.807, 2.05) is 27.7 Å². The van der Waals surface area contributed by atoms with Gasteiger partial charge in [-0.15, -0.1) is 0 Å². The van der Waals surface area contributed by atoms with Gasteiger partial charge < -0.3 is 15.3 Å². The maximum absolute atomic E-state index is 10.9. The first-order valence-electron chi connectivity index (χ1n) is 12.6. The highest BCUT2D eigenvalue weighted by molar-refractivity contribution is 5.56. The fourth-order valence-corrected chi connectivity index (χ4v) is 4.54. The van der Waals surface area contributed by atoms with E-state index in [9.17, 15) is 15.3 Å². The van der Waals surface area contributed by atoms with Crippen LogP contribution in [0.1, 0.15) is 115 Å². The smallest absolute Gasteiger partial charge is 0.122 e. The van der Waals surface area contributed by atoms with Gasteiger partial charge in [-0.1, -0.05) is 66.2 Å². The van der Waals surface area contributed by atoms with E-state index >= 15 is 0 Å². The summed E-state index contributed by atoms with van der Waals surface area (Å²) >= 11 is 0. The molecule has 1 unspecified atom stereocenters. The summed E-state index contributed by atoms with van der Waals surface area (Å²) in [6.45, 7) is 16.7. The molecule has 0 aliphatic heterocycles. The fourth-order valence-electron chi connectivity index (χ4n) is 4.54. The van der Waals surface area contributed by atoms with Gasteiger partial charge >= 0.3 is 0 Å². The third kappa shape index (κ3) is 9.43. The first kappa shape index (κ1) is 27.8. The normalized spacial score (nSPS) is 15.8. The summed E-state index contributed by atoms with van der Waals surface area (Å²) in [5.74, 6) is 2.78. The van der Waals surface area contributed by atoms with Gasteiger partial charge in [0.05, 0.1) is 5.60 Å². The lowest BCUT2D eigenvalue weighted by molar-refractivity contribution is 0.0357. The van der Waals surface area contributed by atoms with Crippen LogP contribution >= 0.6 is 0 Å². The van der Waals surface area contributed by atoms with Crippen molar-refractivity contribution in [3.05, 3.63) is 22.3 Å². The van der Waals surface area contributed by atoms with Crippen molar-refractivity contribution in [2.45, 2.75) is 125 Å². The van der Waals surface area contributed by atoms with E-state index in [1.165, 1.54) is 38.5 Å². The minimum Gasteiger partial charge on any atom is -0.507 e. The maximum Gasteiger partial charge on any atom is 0.122 e. The van der Waals surface area contributed by atoms with Gasteiger partial charge in [0.15, 0.2) is 0 Å². The Hall–Kier alpha value is -1.22. The average molecular weight is 435 g/mol. The van der Waals surface area contributed by atoms with Crippen LogP contribution in [0.4, 0.5) is 0 Å². The van der Waals surface area contributed by atoms with Crippen LogP contribution in [-0.4, -0.2) is 20.9 Å². The van der Waals surface area contributed by atoms with Crippen molar-refractivity contribution in [3.63, 3.8) is 0 Å². The lowest BCUT2D eigenvalue weighted by Crippen LogP contribution is -2.25. The first-order valence-corrected chi connectivity index (χ1v) is 12.6. The van der Waals surface area contributed by atoms with Gasteiger partial charge in [-0.25, -0.2) is 0 Å². The van der Waals surface area contributed by atoms with Crippen LogP contribution in [-0.2, 0) is 6.42 Å². The number of phenols is 2. The van der Waals surface area contributed by atoms with E-state index in [0.29, 0.717) is 18.8 Å². The molecule has 0 heterocycles. The van der Waals surface area contributed by atoms with Gasteiger partial charge in [-0.3, -0.25) is 0 Å². The highest BCUT2D eigenvalue weighted by Gasteiger charge is 2.24. The van der Waals surface area contributed by atoms with E-state index in [-0.39, 0.29) is 11.5 Å². The molecule has 1 aromatic rings. The van der Waals surface area contributed by atoms with Crippen molar-refractivity contribution < 1.29 is 15.3 Å². The number of aliphatic hydroxyl groups is 1. The summed E-state index contributed by atoms with van der Waals surface area (Å²) in [5, 5.41) is 31.8. The summed E-state index contributed by atoms with van der Waals surface area (Å²) < 4.78 is 0. The molecule has 3 nitrogen and oxygen atoms in total. The first-order chi connectivity index (χ1) is 14.4. The molecule has 0 radical (unpaired) electrons. The summed E-state index contributed by atoms with van der Waals surface area (Å²) in [4.78, 5) is 0. The minimum atomic E-state index is -0.758. The monoisotopic (exact) mass is 434 g/mol. The van der Waals surface area contributed by atoms with Crippen LogP contribution in [0, 0.1) is 38.5 Å². The molecule has 0 fully saturated rings. The molecular formula is C28H50O3. The quantitative estimate of drug-likeness (QED) is 0.262. The van der Waals surface area contributed by atoms with Gasteiger partial charge in [0, 0.05) is 5.56 Å². The van der Waals surface area contributed by atoms with Crippen LogP contribution < -0.4 is 0 Å². The molecule has 0 amide bonds. The van der Waals surface area contributed by atoms with Crippen LogP contribution in [0.3, 0.4) is 0 Å². The zero-order valence-corrected chi connectivity index (χ0v) is 21.6. The molecule has 1 aromatic carbocycles. The third-order valence-corrected chi connectivity index (χ3v) is 7.33. The lowest BCUT2D eigenvalue weighted by atomic mass is 9.85. The molecule has 0 bridgehead atoms. The van der Waals surface area contributed by atoms with Crippen molar-refractivity contribution >= 4 is 0 Å². The Bertz CT molecular complexity index is 646. The Morgan fingerprint density at radius 2 is 1.16 bits per heavy atom. The molecule has 0 saturated heterocycles. The van der Waals surface area contributed by atoms with Crippen LogP contribution in [0.2, 0.25) is 0 Å². The van der Waals surface area contributed by atoms with E-state index in [2.05, 4.69) is 27.7 Å². The zero-order chi connectivity index (χ0) is 23.8. The van der Waals surface area contributed by atoms with Gasteiger partial charge in [0.25, 0.3) is 0 Å². The highest BCUT2D eigenvalue weighted by atomic mass is 16.3. The van der Waals surface area contributed by atoms with E-state index in [4.69, 9.17) is 0 Å². The molecule has 0 aromatic heterocycles. The summed E-state index contributed by atoms with van der Waals surface area (Å²) in [6.07, 6.45) is 10.8. The van der Waals surface area contributed by atoms with Gasteiger partial charge in [-0.2, -0.15) is 0 Å². The second kappa shape index (κ2) is 12.7. The number of hydrogen-bond acceptors (Lipinski definition) is 3. The molecule has 0 spiro atoms. The molecule has 0 saturated carbocycles. The van der Waals surface area contributed by atoms with Crippen LogP contribution in [0.25, 0.3) is 0 Å². The fraction of sp³-hybridized carbons (Fsp3) is 0.786. The zero-order valence-electron chi connectivity index (χ0n) is 21.6. The van der Waals surface area contributed by atoms with Gasteiger partial charge in [-0.05, 0) is 87.8 Å². The van der Waals surface area contributed by atoms with Crippen molar-refractivity contribution in [1.82, 2.24) is 0 Å². The second-order valence-corrected chi connectivity index (χ2v) is 11.1. The minimum absolute atomic E-state index is 0.261. The van der Waals surface area contributed by atoms with Crippen molar-refractivity contribution in [2.75, 3.05) is 0 Å². The van der Waals surface area contributed by atoms with Crippen molar-refractivity contribution in [2.24, 2.45) is 17.8 Å². The average Bonchev–Trinajstić information content (AvgIpc) is 2.69. The number of hydrogen-bond donors (Lipinski definition) is 3. The molecule has 3 atom stereocenters. The number of rotatable bonds is 14. The van der Waals surface area contributed by atoms with Crippen molar-refractivity contribution in [3.8, 4) is 11.5 Å². The predicted octanol–water partition coefficient (Wildman–Crippen LogP) is 7.76. The number of phenolic OH excluding ortho intramolecular Hbond substituents is 2. The Kier molecular flexibility index (Phi) is 11.4. The molecule has 3 heteroatoms. The van der Waals surface area contributed by atoms with E-state index < -0.39 is 5.60 Å². The van der Waals surface area contributed by atoms with Gasteiger partial charge in [0.1, 0.15) is 11.5 Å².